The first kappa shape index (κ1) is 58.6. The molecule has 1 atom stereocenters. The van der Waals surface area contributed by atoms with Crippen molar-refractivity contribution < 1.29 is 28.6 Å². The summed E-state index contributed by atoms with van der Waals surface area (Å²) in [6.45, 7) is 6.57. The summed E-state index contributed by atoms with van der Waals surface area (Å²) >= 11 is 0. The lowest BCUT2D eigenvalue weighted by molar-refractivity contribution is -0.167. The molecule has 356 valence electrons. The number of rotatable bonds is 48. The normalized spacial score (nSPS) is 12.2. The van der Waals surface area contributed by atoms with Gasteiger partial charge in [-0.15, -0.1) is 0 Å². The number of esters is 3. The summed E-state index contributed by atoms with van der Waals surface area (Å²) in [5, 5.41) is 0. The summed E-state index contributed by atoms with van der Waals surface area (Å²) in [7, 11) is 0. The molecule has 0 spiro atoms. The second kappa shape index (κ2) is 50.3. The fraction of sp³-hybridized carbons (Fsp3) is 0.836. The van der Waals surface area contributed by atoms with Gasteiger partial charge < -0.3 is 14.2 Å². The van der Waals surface area contributed by atoms with Crippen LogP contribution in [-0.4, -0.2) is 37.2 Å². The van der Waals surface area contributed by atoms with Gasteiger partial charge in [0.2, 0.25) is 0 Å². The maximum absolute atomic E-state index is 12.8. The number of unbranched alkanes of at least 4 members (excludes halogenated alkanes) is 32. The molecule has 6 heteroatoms. The maximum atomic E-state index is 12.8. The molecule has 0 aliphatic heterocycles. The molecular formula is C55H100O6. The van der Waals surface area contributed by atoms with Gasteiger partial charge in [0.05, 0.1) is 0 Å². The molecule has 61 heavy (non-hydrogen) atoms. The van der Waals surface area contributed by atoms with Gasteiger partial charge in [0.25, 0.3) is 0 Å². The Kier molecular flexibility index (Phi) is 48.3. The summed E-state index contributed by atoms with van der Waals surface area (Å²) in [6.07, 6.45) is 58.4. The number of carbonyl (C=O) groups is 3. The predicted molar refractivity (Wildman–Crippen MR) is 261 cm³/mol. The predicted octanol–water partition coefficient (Wildman–Crippen LogP) is 17.3. The van der Waals surface area contributed by atoms with E-state index < -0.39 is 6.10 Å². The summed E-state index contributed by atoms with van der Waals surface area (Å²) in [6, 6.07) is 0. The Morgan fingerprint density at radius 2 is 0.607 bits per heavy atom. The standard InChI is InChI=1S/C55H100O6/c1-4-7-10-13-16-19-22-24-26-27-29-30-33-36-39-42-45-48-54(57)60-51-52(50-59-53(56)47-44-41-38-35-32-21-18-15-12-9-6-3)61-55(58)49-46-43-40-37-34-31-28-25-23-20-17-14-11-8-5-2/h15,18,20-21,23,32,52H,4-14,16-17,19,22,24-31,33-51H2,1-3H3/b18-15-,23-20-,32-21-. The van der Waals surface area contributed by atoms with E-state index in [0.29, 0.717) is 19.3 Å². The molecule has 0 fully saturated rings. The molecule has 0 aromatic rings. The van der Waals surface area contributed by atoms with Gasteiger partial charge >= 0.3 is 17.9 Å². The van der Waals surface area contributed by atoms with Crippen molar-refractivity contribution in [3.05, 3.63) is 36.5 Å². The maximum Gasteiger partial charge on any atom is 0.306 e. The Morgan fingerprint density at radius 1 is 0.328 bits per heavy atom. The van der Waals surface area contributed by atoms with Crippen LogP contribution in [0.3, 0.4) is 0 Å². The van der Waals surface area contributed by atoms with E-state index in [1.165, 1.54) is 167 Å². The first-order valence-corrected chi connectivity index (χ1v) is 26.5. The number of hydrogen-bond donors (Lipinski definition) is 0. The summed E-state index contributed by atoms with van der Waals surface area (Å²) in [5.41, 5.74) is 0. The van der Waals surface area contributed by atoms with Crippen LogP contribution in [0.2, 0.25) is 0 Å². The van der Waals surface area contributed by atoms with Crippen molar-refractivity contribution in [1.29, 1.82) is 0 Å². The first-order chi connectivity index (χ1) is 30.0. The van der Waals surface area contributed by atoms with E-state index in [4.69, 9.17) is 14.2 Å². The van der Waals surface area contributed by atoms with Gasteiger partial charge in [-0.1, -0.05) is 231 Å². The Morgan fingerprint density at radius 3 is 1.00 bits per heavy atom. The molecule has 0 aromatic carbocycles. The third kappa shape index (κ3) is 48.5. The molecule has 0 bridgehead atoms. The van der Waals surface area contributed by atoms with Crippen molar-refractivity contribution >= 4 is 17.9 Å². The van der Waals surface area contributed by atoms with Gasteiger partial charge in [0.1, 0.15) is 13.2 Å². The van der Waals surface area contributed by atoms with Crippen LogP contribution in [0.5, 0.6) is 0 Å². The minimum atomic E-state index is -0.781. The molecule has 0 saturated heterocycles. The van der Waals surface area contributed by atoms with Gasteiger partial charge in [-0.05, 0) is 64.2 Å². The van der Waals surface area contributed by atoms with E-state index >= 15 is 0 Å². The summed E-state index contributed by atoms with van der Waals surface area (Å²) < 4.78 is 16.8. The van der Waals surface area contributed by atoms with Gasteiger partial charge in [-0.3, -0.25) is 14.4 Å². The molecule has 6 nitrogen and oxygen atoms in total. The molecule has 0 radical (unpaired) electrons. The topological polar surface area (TPSA) is 78.9 Å². The lowest BCUT2D eigenvalue weighted by atomic mass is 10.0. The quantitative estimate of drug-likeness (QED) is 0.0199. The van der Waals surface area contributed by atoms with E-state index in [9.17, 15) is 14.4 Å². The van der Waals surface area contributed by atoms with Gasteiger partial charge in [-0.2, -0.15) is 0 Å². The Balaban J connectivity index is 4.34. The fourth-order valence-electron chi connectivity index (χ4n) is 7.59. The highest BCUT2D eigenvalue weighted by Gasteiger charge is 2.19. The fourth-order valence-corrected chi connectivity index (χ4v) is 7.59. The molecule has 0 rings (SSSR count). The molecule has 0 amide bonds. The molecule has 0 aliphatic carbocycles. The lowest BCUT2D eigenvalue weighted by Crippen LogP contribution is -2.30. The second-order valence-electron chi connectivity index (χ2n) is 17.8. The zero-order chi connectivity index (χ0) is 44.4. The van der Waals surface area contributed by atoms with Crippen LogP contribution in [0.15, 0.2) is 36.5 Å². The Bertz CT molecular complexity index is 1030. The molecule has 0 aliphatic rings. The summed E-state index contributed by atoms with van der Waals surface area (Å²) in [5.74, 6) is -0.902. The third-order valence-electron chi connectivity index (χ3n) is 11.6. The highest BCUT2D eigenvalue weighted by atomic mass is 16.6. The average molecular weight is 857 g/mol. The number of hydrogen-bond acceptors (Lipinski definition) is 6. The molecular weight excluding hydrogens is 757 g/mol. The van der Waals surface area contributed by atoms with Crippen LogP contribution in [0, 0.1) is 0 Å². The molecule has 0 N–H and O–H groups in total. The zero-order valence-corrected chi connectivity index (χ0v) is 40.7. The highest BCUT2D eigenvalue weighted by molar-refractivity contribution is 5.71. The average Bonchev–Trinajstić information content (AvgIpc) is 3.26. The van der Waals surface area contributed by atoms with Crippen molar-refractivity contribution in [3.63, 3.8) is 0 Å². The molecule has 0 heterocycles. The van der Waals surface area contributed by atoms with E-state index in [1.54, 1.807) is 0 Å². The van der Waals surface area contributed by atoms with Crippen molar-refractivity contribution in [3.8, 4) is 0 Å². The van der Waals surface area contributed by atoms with Crippen LogP contribution in [0.4, 0.5) is 0 Å². The van der Waals surface area contributed by atoms with E-state index in [2.05, 4.69) is 57.2 Å². The van der Waals surface area contributed by atoms with Crippen molar-refractivity contribution in [2.45, 2.75) is 284 Å². The highest BCUT2D eigenvalue weighted by Crippen LogP contribution is 2.16. The van der Waals surface area contributed by atoms with Gasteiger partial charge in [-0.25, -0.2) is 0 Å². The summed E-state index contributed by atoms with van der Waals surface area (Å²) in [4.78, 5) is 37.9. The van der Waals surface area contributed by atoms with Crippen LogP contribution in [-0.2, 0) is 28.6 Å². The minimum absolute atomic E-state index is 0.0793. The first-order valence-electron chi connectivity index (χ1n) is 26.5. The number of ether oxygens (including phenoxy) is 3. The van der Waals surface area contributed by atoms with Crippen LogP contribution in [0.25, 0.3) is 0 Å². The molecule has 1 unspecified atom stereocenters. The largest absolute Gasteiger partial charge is 0.462 e. The minimum Gasteiger partial charge on any atom is -0.462 e. The monoisotopic (exact) mass is 857 g/mol. The number of allylic oxidation sites excluding steroid dienone is 6. The second-order valence-corrected chi connectivity index (χ2v) is 17.8. The number of carbonyl (C=O) groups excluding carboxylic acids is 3. The lowest BCUT2D eigenvalue weighted by Gasteiger charge is -2.18. The SMILES string of the molecule is CCCC/C=C\C=C/CCCCCC(=O)OCC(COC(=O)CCCCCCCCCCCCCCCCCCC)OC(=O)CCCCCCCCC/C=C\CCCCCC. The van der Waals surface area contributed by atoms with Crippen LogP contribution < -0.4 is 0 Å². The van der Waals surface area contributed by atoms with E-state index in [0.717, 1.165) is 70.6 Å². The Labute approximate surface area is 378 Å². The van der Waals surface area contributed by atoms with Crippen LogP contribution in [0.1, 0.15) is 278 Å². The van der Waals surface area contributed by atoms with Crippen molar-refractivity contribution in [2.75, 3.05) is 13.2 Å². The molecule has 0 aromatic heterocycles. The zero-order valence-electron chi connectivity index (χ0n) is 40.7. The van der Waals surface area contributed by atoms with Crippen molar-refractivity contribution in [2.24, 2.45) is 0 Å². The van der Waals surface area contributed by atoms with E-state index in [1.807, 2.05) is 0 Å². The van der Waals surface area contributed by atoms with Gasteiger partial charge in [0, 0.05) is 19.3 Å². The van der Waals surface area contributed by atoms with Crippen LogP contribution >= 0.6 is 0 Å². The Hall–Kier alpha value is -2.37. The van der Waals surface area contributed by atoms with Crippen molar-refractivity contribution in [1.82, 2.24) is 0 Å². The molecule has 0 saturated carbocycles. The third-order valence-corrected chi connectivity index (χ3v) is 11.6. The smallest absolute Gasteiger partial charge is 0.306 e. The van der Waals surface area contributed by atoms with Gasteiger partial charge in [0.15, 0.2) is 6.10 Å². The van der Waals surface area contributed by atoms with E-state index in [-0.39, 0.29) is 31.1 Å².